The quantitative estimate of drug-likeness (QED) is 0.352. The van der Waals surface area contributed by atoms with Crippen LogP contribution in [0.2, 0.25) is 0 Å². The van der Waals surface area contributed by atoms with E-state index in [1.807, 2.05) is 29.0 Å². The van der Waals surface area contributed by atoms with E-state index in [9.17, 15) is 9.59 Å². The highest BCUT2D eigenvalue weighted by Crippen LogP contribution is 2.28. The monoisotopic (exact) mass is 447 g/mol. The van der Waals surface area contributed by atoms with Crippen LogP contribution in [0, 0.1) is 0 Å². The molecule has 0 saturated carbocycles. The van der Waals surface area contributed by atoms with Crippen molar-refractivity contribution in [3.8, 4) is 11.1 Å². The van der Waals surface area contributed by atoms with Gasteiger partial charge in [0.15, 0.2) is 0 Å². The Morgan fingerprint density at radius 2 is 1.91 bits per heavy atom. The maximum atomic E-state index is 12.5. The number of nitrogens with zero attached hydrogens (tertiary/aromatic N) is 3. The largest absolute Gasteiger partial charge is 0.478 e. The van der Waals surface area contributed by atoms with Crippen molar-refractivity contribution in [2.75, 3.05) is 11.1 Å². The molecule has 162 valence electrons. The third kappa shape index (κ3) is 5.19. The van der Waals surface area contributed by atoms with Crippen LogP contribution in [-0.2, 0) is 17.8 Å². The minimum atomic E-state index is -0.960. The molecule has 4 N–H and O–H groups in total. The van der Waals surface area contributed by atoms with Crippen molar-refractivity contribution in [1.29, 1.82) is 0 Å². The van der Waals surface area contributed by atoms with E-state index in [-0.39, 0.29) is 17.9 Å². The Kier molecular flexibility index (Phi) is 6.27. The number of hydrogen-bond acceptors (Lipinski definition) is 6. The molecule has 0 aliphatic rings. The summed E-state index contributed by atoms with van der Waals surface area (Å²) >= 11 is 1.61. The Morgan fingerprint density at radius 3 is 2.62 bits per heavy atom. The van der Waals surface area contributed by atoms with Crippen molar-refractivity contribution in [3.05, 3.63) is 82.3 Å². The highest BCUT2D eigenvalue weighted by Gasteiger charge is 2.10. The second-order valence-electron chi connectivity index (χ2n) is 7.27. The molecule has 2 heterocycles. The zero-order chi connectivity index (χ0) is 22.5. The number of aromatic carboxylic acids is 1. The fourth-order valence-corrected chi connectivity index (χ4v) is 3.86. The zero-order valence-electron chi connectivity index (χ0n) is 17.1. The number of anilines is 2. The van der Waals surface area contributed by atoms with Gasteiger partial charge in [0, 0.05) is 19.0 Å². The van der Waals surface area contributed by atoms with Gasteiger partial charge in [-0.3, -0.25) is 4.79 Å². The number of benzene rings is 2. The van der Waals surface area contributed by atoms with Gasteiger partial charge in [0.05, 0.1) is 29.2 Å². The van der Waals surface area contributed by atoms with Gasteiger partial charge in [0.1, 0.15) is 0 Å². The molecule has 32 heavy (non-hydrogen) atoms. The van der Waals surface area contributed by atoms with Gasteiger partial charge in [0.25, 0.3) is 0 Å². The zero-order valence-corrected chi connectivity index (χ0v) is 17.9. The molecule has 0 spiro atoms. The maximum absolute atomic E-state index is 12.5. The van der Waals surface area contributed by atoms with E-state index in [1.54, 1.807) is 52.5 Å². The Balaban J connectivity index is 1.32. The lowest BCUT2D eigenvalue weighted by molar-refractivity contribution is -0.116. The second kappa shape index (κ2) is 9.44. The number of hydrogen-bond donors (Lipinski definition) is 3. The predicted molar refractivity (Wildman–Crippen MR) is 124 cm³/mol. The smallest absolute Gasteiger partial charge is 0.335 e. The van der Waals surface area contributed by atoms with Crippen LogP contribution in [0.1, 0.15) is 28.0 Å². The van der Waals surface area contributed by atoms with Crippen molar-refractivity contribution in [2.24, 2.45) is 0 Å². The molecule has 8 nitrogen and oxygen atoms in total. The molecule has 0 atom stereocenters. The first-order valence-corrected chi connectivity index (χ1v) is 10.9. The Hall–Kier alpha value is -3.98. The van der Waals surface area contributed by atoms with Crippen molar-refractivity contribution in [3.63, 3.8) is 0 Å². The lowest BCUT2D eigenvalue weighted by atomic mass is 10.1. The number of carbonyl (C=O) groups is 2. The maximum Gasteiger partial charge on any atom is 0.335 e. The highest BCUT2D eigenvalue weighted by molar-refractivity contribution is 7.08. The SMILES string of the molecule is Nc1ccc(-c2ccsc2)cc1NC(=O)CCc1cn(Cc2ccc(C(=O)O)cc2)nn1. The summed E-state index contributed by atoms with van der Waals surface area (Å²) in [6, 6.07) is 14.2. The molecule has 1 amide bonds. The summed E-state index contributed by atoms with van der Waals surface area (Å²) in [6.07, 6.45) is 2.46. The molecule has 0 unspecified atom stereocenters. The van der Waals surface area contributed by atoms with Gasteiger partial charge in [-0.15, -0.1) is 5.10 Å². The van der Waals surface area contributed by atoms with Crippen LogP contribution < -0.4 is 11.1 Å². The Bertz CT molecular complexity index is 1230. The summed E-state index contributed by atoms with van der Waals surface area (Å²) in [5.41, 5.74) is 11.1. The first-order valence-electron chi connectivity index (χ1n) is 9.91. The van der Waals surface area contributed by atoms with Gasteiger partial charge >= 0.3 is 5.97 Å². The van der Waals surface area contributed by atoms with Gasteiger partial charge in [-0.25, -0.2) is 9.48 Å². The third-order valence-electron chi connectivity index (χ3n) is 4.92. The molecule has 2 aromatic carbocycles. The minimum Gasteiger partial charge on any atom is -0.478 e. The number of aromatic nitrogens is 3. The fourth-order valence-electron chi connectivity index (χ4n) is 3.20. The molecular formula is C23H21N5O3S. The fraction of sp³-hybridized carbons (Fsp3) is 0.130. The van der Waals surface area contributed by atoms with E-state index in [0.29, 0.717) is 30.0 Å². The molecule has 2 aromatic heterocycles. The molecule has 0 bridgehead atoms. The van der Waals surface area contributed by atoms with Crippen LogP contribution in [0.15, 0.2) is 65.5 Å². The summed E-state index contributed by atoms with van der Waals surface area (Å²) in [4.78, 5) is 23.4. The number of aryl methyl sites for hydroxylation is 1. The number of thiophene rings is 1. The number of nitrogens with one attached hydrogen (secondary N) is 1. The third-order valence-corrected chi connectivity index (χ3v) is 5.60. The summed E-state index contributed by atoms with van der Waals surface area (Å²) in [7, 11) is 0. The van der Waals surface area contributed by atoms with E-state index in [1.165, 1.54) is 0 Å². The van der Waals surface area contributed by atoms with E-state index < -0.39 is 5.97 Å². The summed E-state index contributed by atoms with van der Waals surface area (Å²) in [5, 5.41) is 24.1. The van der Waals surface area contributed by atoms with Crippen LogP contribution >= 0.6 is 11.3 Å². The first kappa shape index (κ1) is 21.3. The average Bonchev–Trinajstić information content (AvgIpc) is 3.47. The number of nitrogen functional groups attached to an aromatic ring is 1. The predicted octanol–water partition coefficient (Wildman–Crippen LogP) is 3.91. The number of nitrogens with two attached hydrogens (primary N) is 1. The summed E-state index contributed by atoms with van der Waals surface area (Å²) in [6.45, 7) is 0.463. The van der Waals surface area contributed by atoms with Gasteiger partial charge in [-0.05, 0) is 57.8 Å². The molecule has 4 aromatic rings. The normalized spacial score (nSPS) is 10.8. The van der Waals surface area contributed by atoms with Crippen LogP contribution in [0.25, 0.3) is 11.1 Å². The van der Waals surface area contributed by atoms with Crippen molar-refractivity contribution in [2.45, 2.75) is 19.4 Å². The molecule has 0 saturated heterocycles. The van der Waals surface area contributed by atoms with Crippen LogP contribution in [-0.4, -0.2) is 32.0 Å². The minimum absolute atomic E-state index is 0.155. The van der Waals surface area contributed by atoms with E-state index in [4.69, 9.17) is 10.8 Å². The lowest BCUT2D eigenvalue weighted by Gasteiger charge is -2.10. The van der Waals surface area contributed by atoms with Crippen molar-refractivity contribution < 1.29 is 14.7 Å². The van der Waals surface area contributed by atoms with Crippen molar-refractivity contribution in [1.82, 2.24) is 15.0 Å². The average molecular weight is 448 g/mol. The number of rotatable bonds is 8. The number of carboxylic acid groups (broad SMARTS) is 1. The van der Waals surface area contributed by atoms with Crippen LogP contribution in [0.4, 0.5) is 11.4 Å². The Labute approximate surface area is 188 Å². The molecule has 0 aliphatic carbocycles. The van der Waals surface area contributed by atoms with E-state index >= 15 is 0 Å². The first-order chi connectivity index (χ1) is 15.5. The summed E-state index contributed by atoms with van der Waals surface area (Å²) < 4.78 is 1.66. The molecule has 9 heteroatoms. The summed E-state index contributed by atoms with van der Waals surface area (Å²) in [5.74, 6) is -1.12. The molecular weight excluding hydrogens is 426 g/mol. The molecule has 0 aliphatic heterocycles. The van der Waals surface area contributed by atoms with E-state index in [0.717, 1.165) is 16.7 Å². The van der Waals surface area contributed by atoms with E-state index in [2.05, 4.69) is 15.6 Å². The molecule has 4 rings (SSSR count). The van der Waals surface area contributed by atoms with Crippen LogP contribution in [0.3, 0.4) is 0 Å². The van der Waals surface area contributed by atoms with Crippen molar-refractivity contribution >= 4 is 34.6 Å². The van der Waals surface area contributed by atoms with Gasteiger partial charge < -0.3 is 16.2 Å². The second-order valence-corrected chi connectivity index (χ2v) is 8.05. The number of amides is 1. The molecule has 0 radical (unpaired) electrons. The number of carbonyl (C=O) groups excluding carboxylic acids is 1. The van der Waals surface area contributed by atoms with Gasteiger partial charge in [0.2, 0.25) is 5.91 Å². The lowest BCUT2D eigenvalue weighted by Crippen LogP contribution is -2.13. The van der Waals surface area contributed by atoms with Gasteiger partial charge in [-0.2, -0.15) is 11.3 Å². The Morgan fingerprint density at radius 1 is 1.09 bits per heavy atom. The topological polar surface area (TPSA) is 123 Å². The van der Waals surface area contributed by atoms with Gasteiger partial charge in [-0.1, -0.05) is 23.4 Å². The van der Waals surface area contributed by atoms with Crippen LogP contribution in [0.5, 0.6) is 0 Å². The number of carboxylic acids is 1. The molecule has 0 fully saturated rings. The standard InChI is InChI=1S/C23H21N5O3S/c24-20-7-5-17(18-9-10-32-14-18)11-21(20)25-22(29)8-6-19-13-28(27-26-19)12-15-1-3-16(4-2-15)23(30)31/h1-5,7,9-11,13-14H,6,8,12,24H2,(H,25,29)(H,30,31). The highest BCUT2D eigenvalue weighted by atomic mass is 32.1.